The maximum Gasteiger partial charge on any atom is 0.184 e. The lowest BCUT2D eigenvalue weighted by atomic mass is 10.0. The summed E-state index contributed by atoms with van der Waals surface area (Å²) in [7, 11) is 1.56. The first kappa shape index (κ1) is 14.8. The number of hydrogen-bond acceptors (Lipinski definition) is 4. The minimum Gasteiger partial charge on any atom is -0.368 e. The van der Waals surface area contributed by atoms with Crippen LogP contribution in [0.1, 0.15) is 18.9 Å². The van der Waals surface area contributed by atoms with Crippen molar-refractivity contribution in [2.75, 3.05) is 7.11 Å². The van der Waals surface area contributed by atoms with Crippen LogP contribution in [0.4, 0.5) is 0 Å². The van der Waals surface area contributed by atoms with Gasteiger partial charge in [-0.05, 0) is 24.4 Å². The Morgan fingerprint density at radius 2 is 2.15 bits per heavy atom. The molecule has 1 heterocycles. The molecular weight excluding hydrogens is 258 g/mol. The lowest BCUT2D eigenvalue weighted by Crippen LogP contribution is -2.48. The van der Waals surface area contributed by atoms with Crippen LogP contribution < -0.4 is 0 Å². The van der Waals surface area contributed by atoms with Crippen LogP contribution >= 0.6 is 0 Å². The number of rotatable bonds is 5. The van der Waals surface area contributed by atoms with Crippen LogP contribution in [0.5, 0.6) is 0 Å². The summed E-state index contributed by atoms with van der Waals surface area (Å²) in [5.41, 5.74) is 9.74. The van der Waals surface area contributed by atoms with Crippen molar-refractivity contribution in [3.05, 3.63) is 46.3 Å². The highest BCUT2D eigenvalue weighted by Crippen LogP contribution is 2.26. The third-order valence-electron chi connectivity index (χ3n) is 3.30. The average molecular weight is 277 g/mol. The maximum absolute atomic E-state index is 8.69. The summed E-state index contributed by atoms with van der Waals surface area (Å²) in [6.45, 7) is 2.36. The van der Waals surface area contributed by atoms with E-state index in [1.807, 2.05) is 37.3 Å². The number of benzene rings is 1. The molecule has 0 aromatic heterocycles. The summed E-state index contributed by atoms with van der Waals surface area (Å²) in [6.07, 6.45) is -0.305. The lowest BCUT2D eigenvalue weighted by molar-refractivity contribution is -0.245. The van der Waals surface area contributed by atoms with Gasteiger partial charge in [-0.3, -0.25) is 0 Å². The Morgan fingerprint density at radius 1 is 1.40 bits per heavy atom. The Morgan fingerprint density at radius 3 is 2.80 bits per heavy atom. The summed E-state index contributed by atoms with van der Waals surface area (Å²) >= 11 is 0. The normalized spacial score (nSPS) is 29.7. The number of hydrogen-bond donors (Lipinski definition) is 0. The Labute approximate surface area is 118 Å². The first-order chi connectivity index (χ1) is 9.74. The van der Waals surface area contributed by atoms with Crippen LogP contribution in [0.15, 0.2) is 35.4 Å². The quantitative estimate of drug-likeness (QED) is 0.471. The van der Waals surface area contributed by atoms with E-state index < -0.39 is 12.4 Å². The Bertz CT molecular complexity index is 462. The van der Waals surface area contributed by atoms with Gasteiger partial charge in [0, 0.05) is 12.0 Å². The first-order valence-electron chi connectivity index (χ1n) is 6.62. The van der Waals surface area contributed by atoms with Crippen molar-refractivity contribution in [3.8, 4) is 0 Å². The van der Waals surface area contributed by atoms with Crippen LogP contribution in [0, 0.1) is 0 Å². The Balaban J connectivity index is 2.05. The standard InChI is InChI=1S/C14H19N3O3/c1-10-8-12(16-17-15)13(14(18-2)20-10)19-9-11-6-4-3-5-7-11/h3-7,10,12-14H,8-9H2,1-2H3/t10-,12+,13-,14+/m1/s1. The van der Waals surface area contributed by atoms with Gasteiger partial charge in [-0.1, -0.05) is 35.4 Å². The van der Waals surface area contributed by atoms with Gasteiger partial charge in [0.2, 0.25) is 0 Å². The van der Waals surface area contributed by atoms with E-state index in [4.69, 9.17) is 19.7 Å². The van der Waals surface area contributed by atoms with E-state index in [2.05, 4.69) is 10.0 Å². The zero-order valence-electron chi connectivity index (χ0n) is 11.7. The molecule has 0 aliphatic carbocycles. The fourth-order valence-electron chi connectivity index (χ4n) is 2.34. The summed E-state index contributed by atoms with van der Waals surface area (Å²) in [6, 6.07) is 9.55. The minimum atomic E-state index is -0.516. The molecule has 0 unspecified atom stereocenters. The molecule has 20 heavy (non-hydrogen) atoms. The van der Waals surface area contributed by atoms with Gasteiger partial charge < -0.3 is 14.2 Å². The highest BCUT2D eigenvalue weighted by atomic mass is 16.7. The molecule has 4 atom stereocenters. The van der Waals surface area contributed by atoms with Crippen molar-refractivity contribution in [1.29, 1.82) is 0 Å². The van der Waals surface area contributed by atoms with Gasteiger partial charge in [0.15, 0.2) is 6.29 Å². The Hall–Kier alpha value is -1.59. The fourth-order valence-corrected chi connectivity index (χ4v) is 2.34. The number of azide groups is 1. The average Bonchev–Trinajstić information content (AvgIpc) is 2.47. The predicted molar refractivity (Wildman–Crippen MR) is 73.9 cm³/mol. The van der Waals surface area contributed by atoms with Gasteiger partial charge >= 0.3 is 0 Å². The molecular formula is C14H19N3O3. The zero-order chi connectivity index (χ0) is 14.4. The van der Waals surface area contributed by atoms with Crippen LogP contribution in [0.25, 0.3) is 10.4 Å². The number of nitrogens with zero attached hydrogens (tertiary/aromatic N) is 3. The monoisotopic (exact) mass is 277 g/mol. The van der Waals surface area contributed by atoms with Crippen molar-refractivity contribution >= 4 is 0 Å². The first-order valence-corrected chi connectivity index (χ1v) is 6.62. The van der Waals surface area contributed by atoms with Crippen molar-refractivity contribution in [3.63, 3.8) is 0 Å². The summed E-state index contributed by atoms with van der Waals surface area (Å²) < 4.78 is 16.9. The molecule has 6 nitrogen and oxygen atoms in total. The predicted octanol–water partition coefficient (Wildman–Crippen LogP) is 3.03. The van der Waals surface area contributed by atoms with Gasteiger partial charge in [-0.25, -0.2) is 0 Å². The highest BCUT2D eigenvalue weighted by Gasteiger charge is 2.37. The summed E-state index contributed by atoms with van der Waals surface area (Å²) in [5.74, 6) is 0. The molecule has 108 valence electrons. The number of methoxy groups -OCH3 is 1. The van der Waals surface area contributed by atoms with Crippen molar-refractivity contribution in [2.24, 2.45) is 5.11 Å². The second kappa shape index (κ2) is 7.26. The molecule has 0 amide bonds. The maximum atomic E-state index is 8.69. The molecule has 0 bridgehead atoms. The SMILES string of the molecule is CO[C@H]1O[C@H](C)C[C@H](N=[N+]=[N-])[C@H]1OCc1ccccc1. The van der Waals surface area contributed by atoms with Gasteiger partial charge in [-0.15, -0.1) is 0 Å². The van der Waals surface area contributed by atoms with E-state index in [1.54, 1.807) is 7.11 Å². The molecule has 1 saturated heterocycles. The lowest BCUT2D eigenvalue weighted by Gasteiger charge is -2.38. The van der Waals surface area contributed by atoms with E-state index in [0.29, 0.717) is 13.0 Å². The molecule has 1 aromatic rings. The van der Waals surface area contributed by atoms with Crippen LogP contribution in [-0.4, -0.2) is 31.6 Å². The van der Waals surface area contributed by atoms with E-state index >= 15 is 0 Å². The molecule has 0 radical (unpaired) electrons. The van der Waals surface area contributed by atoms with Crippen LogP contribution in [0.2, 0.25) is 0 Å². The van der Waals surface area contributed by atoms with E-state index in [1.165, 1.54) is 0 Å². The largest absolute Gasteiger partial charge is 0.368 e. The Kier molecular flexibility index (Phi) is 5.38. The third kappa shape index (κ3) is 3.71. The van der Waals surface area contributed by atoms with Gasteiger partial charge in [0.1, 0.15) is 6.10 Å². The minimum absolute atomic E-state index is 0.0213. The van der Waals surface area contributed by atoms with Crippen LogP contribution in [-0.2, 0) is 20.8 Å². The van der Waals surface area contributed by atoms with Crippen molar-refractivity contribution in [1.82, 2.24) is 0 Å². The van der Waals surface area contributed by atoms with Crippen molar-refractivity contribution < 1.29 is 14.2 Å². The number of ether oxygens (including phenoxy) is 3. The molecule has 1 aromatic carbocycles. The van der Waals surface area contributed by atoms with E-state index in [0.717, 1.165) is 5.56 Å². The smallest absolute Gasteiger partial charge is 0.184 e. The van der Waals surface area contributed by atoms with Crippen LogP contribution in [0.3, 0.4) is 0 Å². The third-order valence-corrected chi connectivity index (χ3v) is 3.30. The van der Waals surface area contributed by atoms with Gasteiger partial charge in [0.25, 0.3) is 0 Å². The van der Waals surface area contributed by atoms with Crippen molar-refractivity contribution in [2.45, 2.75) is 44.5 Å². The molecule has 1 aliphatic heterocycles. The van der Waals surface area contributed by atoms with Gasteiger partial charge in [-0.2, -0.15) is 0 Å². The molecule has 2 rings (SSSR count). The second-order valence-corrected chi connectivity index (χ2v) is 4.82. The zero-order valence-corrected chi connectivity index (χ0v) is 11.7. The molecule has 0 saturated carbocycles. The topological polar surface area (TPSA) is 76.5 Å². The molecule has 0 N–H and O–H groups in total. The molecule has 6 heteroatoms. The highest BCUT2D eigenvalue weighted by molar-refractivity contribution is 5.13. The summed E-state index contributed by atoms with van der Waals surface area (Å²) in [4.78, 5) is 2.90. The summed E-state index contributed by atoms with van der Waals surface area (Å²) in [5, 5.41) is 3.82. The molecule has 1 aliphatic rings. The van der Waals surface area contributed by atoms with E-state index in [9.17, 15) is 0 Å². The molecule has 0 spiro atoms. The molecule has 1 fully saturated rings. The van der Waals surface area contributed by atoms with Gasteiger partial charge in [0.05, 0.1) is 18.8 Å². The second-order valence-electron chi connectivity index (χ2n) is 4.82. The van der Waals surface area contributed by atoms with E-state index in [-0.39, 0.29) is 12.1 Å². The fraction of sp³-hybridized carbons (Fsp3) is 0.571.